The van der Waals surface area contributed by atoms with Gasteiger partial charge in [0.2, 0.25) is 0 Å². The van der Waals surface area contributed by atoms with Crippen LogP contribution < -0.4 is 5.32 Å². The largest absolute Gasteiger partial charge is 0.480 e. The molecule has 0 bridgehead atoms. The van der Waals surface area contributed by atoms with E-state index in [9.17, 15) is 14.7 Å². The lowest BCUT2D eigenvalue weighted by Crippen LogP contribution is -2.56. The van der Waals surface area contributed by atoms with Crippen molar-refractivity contribution in [3.05, 3.63) is 0 Å². The summed E-state index contributed by atoms with van der Waals surface area (Å²) < 4.78 is 5.18. The first-order chi connectivity index (χ1) is 9.56. The highest BCUT2D eigenvalue weighted by atomic mass is 32.2. The monoisotopic (exact) mass is 302 g/mol. The number of aliphatic carboxylic acids is 1. The molecule has 2 aliphatic rings. The van der Waals surface area contributed by atoms with Crippen LogP contribution in [0.5, 0.6) is 0 Å². The highest BCUT2D eigenvalue weighted by Crippen LogP contribution is 2.33. The van der Waals surface area contributed by atoms with E-state index in [0.717, 1.165) is 25.7 Å². The summed E-state index contributed by atoms with van der Waals surface area (Å²) in [7, 11) is 1.66. The third kappa shape index (κ3) is 3.20. The Kier molecular flexibility index (Phi) is 5.15. The van der Waals surface area contributed by atoms with Crippen LogP contribution in [0.3, 0.4) is 0 Å². The first-order valence-corrected chi connectivity index (χ1v) is 8.07. The summed E-state index contributed by atoms with van der Waals surface area (Å²) >= 11 is 1.56. The van der Waals surface area contributed by atoms with Crippen molar-refractivity contribution in [1.29, 1.82) is 0 Å². The van der Waals surface area contributed by atoms with Crippen molar-refractivity contribution in [3.63, 3.8) is 0 Å². The number of methoxy groups -OCH3 is 1. The van der Waals surface area contributed by atoms with Crippen LogP contribution in [-0.4, -0.2) is 58.4 Å². The second-order valence-corrected chi connectivity index (χ2v) is 6.52. The van der Waals surface area contributed by atoms with Gasteiger partial charge in [-0.3, -0.25) is 4.90 Å². The summed E-state index contributed by atoms with van der Waals surface area (Å²) in [5, 5.41) is 12.1. The van der Waals surface area contributed by atoms with Crippen LogP contribution in [0.2, 0.25) is 0 Å². The average Bonchev–Trinajstić information content (AvgIpc) is 2.77. The van der Waals surface area contributed by atoms with E-state index >= 15 is 0 Å². The number of hydrogen-bond acceptors (Lipinski definition) is 4. The topological polar surface area (TPSA) is 78.9 Å². The number of thioether (sulfide) groups is 1. The molecule has 6 nitrogen and oxygen atoms in total. The van der Waals surface area contributed by atoms with Gasteiger partial charge >= 0.3 is 12.0 Å². The highest BCUT2D eigenvalue weighted by Gasteiger charge is 2.42. The van der Waals surface area contributed by atoms with Gasteiger partial charge < -0.3 is 15.2 Å². The molecule has 2 atom stereocenters. The zero-order valence-electron chi connectivity index (χ0n) is 11.9. The van der Waals surface area contributed by atoms with Crippen molar-refractivity contribution < 1.29 is 19.4 Å². The van der Waals surface area contributed by atoms with Crippen LogP contribution in [0.15, 0.2) is 0 Å². The van der Waals surface area contributed by atoms with Gasteiger partial charge in [-0.15, -0.1) is 11.8 Å². The molecular formula is C13H22N2O4S. The molecule has 2 fully saturated rings. The fraction of sp³-hybridized carbons (Fsp3) is 0.846. The number of carbonyl (C=O) groups is 2. The number of carboxylic acid groups (broad SMARTS) is 1. The molecule has 0 aromatic carbocycles. The summed E-state index contributed by atoms with van der Waals surface area (Å²) in [6.45, 7) is 2.04. The number of nitrogens with zero attached hydrogens (tertiary/aromatic N) is 1. The van der Waals surface area contributed by atoms with E-state index in [1.54, 1.807) is 18.9 Å². The van der Waals surface area contributed by atoms with Crippen molar-refractivity contribution >= 4 is 23.8 Å². The first-order valence-electron chi connectivity index (χ1n) is 7.02. The maximum Gasteiger partial charge on any atom is 0.327 e. The quantitative estimate of drug-likeness (QED) is 0.804. The van der Waals surface area contributed by atoms with E-state index in [0.29, 0.717) is 5.75 Å². The SMILES string of the molecule is CCCC1SCC(C(=O)O)N1C(=O)NC1CC(OC)C1. The van der Waals surface area contributed by atoms with E-state index in [-0.39, 0.29) is 23.6 Å². The van der Waals surface area contributed by atoms with Gasteiger partial charge in [-0.05, 0) is 19.3 Å². The van der Waals surface area contributed by atoms with Gasteiger partial charge in [0.1, 0.15) is 6.04 Å². The van der Waals surface area contributed by atoms with Crippen LogP contribution in [0.1, 0.15) is 32.6 Å². The molecule has 2 unspecified atom stereocenters. The predicted molar refractivity (Wildman–Crippen MR) is 76.8 cm³/mol. The van der Waals surface area contributed by atoms with Gasteiger partial charge in [-0.25, -0.2) is 9.59 Å². The van der Waals surface area contributed by atoms with Gasteiger partial charge in [-0.2, -0.15) is 0 Å². The molecule has 1 aliphatic heterocycles. The smallest absolute Gasteiger partial charge is 0.327 e. The molecule has 0 aromatic rings. The molecule has 1 saturated carbocycles. The molecule has 2 N–H and O–H groups in total. The number of amides is 2. The molecule has 20 heavy (non-hydrogen) atoms. The molecule has 1 heterocycles. The van der Waals surface area contributed by atoms with Crippen molar-refractivity contribution in [1.82, 2.24) is 10.2 Å². The molecular weight excluding hydrogens is 280 g/mol. The Morgan fingerprint density at radius 1 is 1.45 bits per heavy atom. The van der Waals surface area contributed by atoms with E-state index in [4.69, 9.17) is 4.74 Å². The van der Waals surface area contributed by atoms with Crippen LogP contribution in [0.25, 0.3) is 0 Å². The number of hydrogen-bond donors (Lipinski definition) is 2. The van der Waals surface area contributed by atoms with E-state index < -0.39 is 12.0 Å². The number of carboxylic acids is 1. The van der Waals surface area contributed by atoms with Crippen molar-refractivity contribution in [2.45, 2.75) is 56.2 Å². The number of urea groups is 1. The van der Waals surface area contributed by atoms with Crippen LogP contribution in [0.4, 0.5) is 4.79 Å². The Balaban J connectivity index is 1.94. The molecule has 114 valence electrons. The van der Waals surface area contributed by atoms with Crippen LogP contribution >= 0.6 is 11.8 Å². The zero-order valence-corrected chi connectivity index (χ0v) is 12.7. The normalized spacial score (nSPS) is 32.8. The lowest BCUT2D eigenvalue weighted by atomic mass is 9.89. The number of carbonyl (C=O) groups excluding carboxylic acids is 1. The molecule has 0 spiro atoms. The Bertz CT molecular complexity index is 373. The minimum Gasteiger partial charge on any atom is -0.480 e. The van der Waals surface area contributed by atoms with Gasteiger partial charge in [0.15, 0.2) is 0 Å². The van der Waals surface area contributed by atoms with E-state index in [2.05, 4.69) is 5.32 Å². The molecule has 7 heteroatoms. The fourth-order valence-electron chi connectivity index (χ4n) is 2.62. The first kappa shape index (κ1) is 15.4. The minimum atomic E-state index is -0.922. The summed E-state index contributed by atoms with van der Waals surface area (Å²) in [4.78, 5) is 25.1. The van der Waals surface area contributed by atoms with Crippen LogP contribution in [0, 0.1) is 0 Å². The highest BCUT2D eigenvalue weighted by molar-refractivity contribution is 8.00. The van der Waals surface area contributed by atoms with Gasteiger partial charge in [0.25, 0.3) is 0 Å². The number of nitrogens with one attached hydrogen (secondary N) is 1. The Morgan fingerprint density at radius 2 is 2.15 bits per heavy atom. The summed E-state index contributed by atoms with van der Waals surface area (Å²) in [6, 6.07) is -0.856. The van der Waals surface area contributed by atoms with Crippen molar-refractivity contribution in [2.75, 3.05) is 12.9 Å². The third-order valence-corrected chi connectivity index (χ3v) is 5.26. The number of ether oxygens (including phenoxy) is 1. The molecule has 2 rings (SSSR count). The van der Waals surface area contributed by atoms with E-state index in [1.165, 1.54) is 4.90 Å². The third-order valence-electron chi connectivity index (χ3n) is 3.90. The van der Waals surface area contributed by atoms with Crippen LogP contribution in [-0.2, 0) is 9.53 Å². The maximum atomic E-state index is 12.3. The van der Waals surface area contributed by atoms with Crippen molar-refractivity contribution in [2.24, 2.45) is 0 Å². The Labute approximate surface area is 123 Å². The molecule has 2 amide bonds. The van der Waals surface area contributed by atoms with E-state index in [1.807, 2.05) is 6.92 Å². The molecule has 0 aromatic heterocycles. The fourth-order valence-corrected chi connectivity index (χ4v) is 4.13. The van der Waals surface area contributed by atoms with Gasteiger partial charge in [0, 0.05) is 18.9 Å². The lowest BCUT2D eigenvalue weighted by Gasteiger charge is -2.37. The lowest BCUT2D eigenvalue weighted by molar-refractivity contribution is -0.141. The van der Waals surface area contributed by atoms with Crippen molar-refractivity contribution in [3.8, 4) is 0 Å². The Hall–Kier alpha value is -0.950. The number of rotatable bonds is 5. The molecule has 1 saturated heterocycles. The maximum absolute atomic E-state index is 12.3. The molecule has 0 radical (unpaired) electrons. The second-order valence-electron chi connectivity index (χ2n) is 5.31. The summed E-state index contributed by atoms with van der Waals surface area (Å²) in [5.74, 6) is -0.451. The second kappa shape index (κ2) is 6.67. The average molecular weight is 302 g/mol. The summed E-state index contributed by atoms with van der Waals surface area (Å²) in [6.07, 6.45) is 3.59. The molecule has 1 aliphatic carbocycles. The van der Waals surface area contributed by atoms with Gasteiger partial charge in [-0.1, -0.05) is 13.3 Å². The van der Waals surface area contributed by atoms with Gasteiger partial charge in [0.05, 0.1) is 11.5 Å². The standard InChI is InChI=1S/C13H22N2O4S/c1-3-4-11-15(10(7-20-11)12(16)17)13(18)14-8-5-9(6-8)19-2/h8-11H,3-7H2,1-2H3,(H,14,18)(H,16,17). The summed E-state index contributed by atoms with van der Waals surface area (Å²) in [5.41, 5.74) is 0. The predicted octanol–water partition coefficient (Wildman–Crippen LogP) is 1.50. The zero-order chi connectivity index (χ0) is 14.7. The minimum absolute atomic E-state index is 0.0283. The Morgan fingerprint density at radius 3 is 2.70 bits per heavy atom.